The molecule has 1 aliphatic rings. The largest absolute Gasteiger partial charge is 0.497 e. The summed E-state index contributed by atoms with van der Waals surface area (Å²) in [5.41, 5.74) is 3.08. The lowest BCUT2D eigenvalue weighted by Gasteiger charge is -2.41. The predicted molar refractivity (Wildman–Crippen MR) is 108 cm³/mol. The van der Waals surface area contributed by atoms with E-state index in [-0.39, 0.29) is 12.1 Å². The number of methoxy groups -OCH3 is 2. The standard InChI is InChI=1S/C21H27N3O3/c1-15-5-7-17(8-6-15)24-12-11-23(14-16(24)2)21(25)22-19-10-9-18(26-3)13-20(19)27-4/h5-10,13,16H,11-12,14H2,1-4H3,(H,22,25). The first-order valence-corrected chi connectivity index (χ1v) is 9.13. The number of nitrogens with one attached hydrogen (secondary N) is 1. The Hall–Kier alpha value is -2.89. The first-order chi connectivity index (χ1) is 13.0. The molecule has 0 aromatic heterocycles. The maximum atomic E-state index is 12.7. The number of aryl methyl sites for hydroxylation is 1. The number of hydrogen-bond donors (Lipinski definition) is 1. The van der Waals surface area contributed by atoms with E-state index < -0.39 is 0 Å². The average molecular weight is 369 g/mol. The molecule has 27 heavy (non-hydrogen) atoms. The van der Waals surface area contributed by atoms with Crippen LogP contribution >= 0.6 is 0 Å². The van der Waals surface area contributed by atoms with E-state index in [1.807, 2.05) is 4.90 Å². The van der Waals surface area contributed by atoms with E-state index in [0.717, 1.165) is 6.54 Å². The van der Waals surface area contributed by atoms with Crippen LogP contribution in [0.15, 0.2) is 42.5 Å². The van der Waals surface area contributed by atoms with Gasteiger partial charge in [-0.1, -0.05) is 17.7 Å². The summed E-state index contributed by atoms with van der Waals surface area (Å²) < 4.78 is 10.6. The number of carbonyl (C=O) groups is 1. The molecule has 6 nitrogen and oxygen atoms in total. The molecule has 0 saturated carbocycles. The molecule has 0 radical (unpaired) electrons. The first kappa shape index (κ1) is 18.9. The smallest absolute Gasteiger partial charge is 0.322 e. The Kier molecular flexibility index (Phi) is 5.74. The van der Waals surface area contributed by atoms with Crippen molar-refractivity contribution in [2.45, 2.75) is 19.9 Å². The molecule has 1 fully saturated rings. The van der Waals surface area contributed by atoms with Crippen molar-refractivity contribution in [1.29, 1.82) is 0 Å². The molecule has 1 atom stereocenters. The molecule has 2 aromatic rings. The second kappa shape index (κ2) is 8.20. The number of ether oxygens (including phenoxy) is 2. The van der Waals surface area contributed by atoms with Crippen LogP contribution in [0.25, 0.3) is 0 Å². The van der Waals surface area contributed by atoms with E-state index in [1.54, 1.807) is 32.4 Å². The SMILES string of the molecule is COc1ccc(NC(=O)N2CCN(c3ccc(C)cc3)C(C)C2)c(OC)c1. The highest BCUT2D eigenvalue weighted by molar-refractivity contribution is 5.91. The normalized spacial score (nSPS) is 16.8. The Morgan fingerprint density at radius 1 is 1.07 bits per heavy atom. The van der Waals surface area contributed by atoms with Crippen molar-refractivity contribution < 1.29 is 14.3 Å². The molecule has 6 heteroatoms. The molecule has 1 saturated heterocycles. The third-order valence-electron chi connectivity index (χ3n) is 4.93. The number of hydrogen-bond acceptors (Lipinski definition) is 4. The molecular weight excluding hydrogens is 342 g/mol. The molecular formula is C21H27N3O3. The number of nitrogens with zero attached hydrogens (tertiary/aromatic N) is 2. The number of rotatable bonds is 4. The quantitative estimate of drug-likeness (QED) is 0.892. The lowest BCUT2D eigenvalue weighted by atomic mass is 10.1. The van der Waals surface area contributed by atoms with Crippen LogP contribution in [0.5, 0.6) is 11.5 Å². The van der Waals surface area contributed by atoms with Crippen molar-refractivity contribution in [3.8, 4) is 11.5 Å². The summed E-state index contributed by atoms with van der Waals surface area (Å²) in [6.07, 6.45) is 0. The Morgan fingerprint density at radius 3 is 2.44 bits per heavy atom. The van der Waals surface area contributed by atoms with Crippen LogP contribution in [0, 0.1) is 6.92 Å². The first-order valence-electron chi connectivity index (χ1n) is 9.13. The van der Waals surface area contributed by atoms with E-state index in [1.165, 1.54) is 11.3 Å². The van der Waals surface area contributed by atoms with Crippen LogP contribution in [0.4, 0.5) is 16.2 Å². The van der Waals surface area contributed by atoms with Gasteiger partial charge in [0.25, 0.3) is 0 Å². The Morgan fingerprint density at radius 2 is 1.81 bits per heavy atom. The van der Waals surface area contributed by atoms with Crippen LogP contribution in [0.3, 0.4) is 0 Å². The summed E-state index contributed by atoms with van der Waals surface area (Å²) in [5.74, 6) is 1.26. The molecule has 1 N–H and O–H groups in total. The van der Waals surface area contributed by atoms with Crippen molar-refractivity contribution >= 4 is 17.4 Å². The second-order valence-electron chi connectivity index (χ2n) is 6.82. The summed E-state index contributed by atoms with van der Waals surface area (Å²) in [5, 5.41) is 2.95. The van der Waals surface area contributed by atoms with E-state index in [2.05, 4.69) is 48.3 Å². The van der Waals surface area contributed by atoms with Crippen molar-refractivity contribution in [3.63, 3.8) is 0 Å². The van der Waals surface area contributed by atoms with E-state index in [4.69, 9.17) is 9.47 Å². The number of amides is 2. The molecule has 144 valence electrons. The van der Waals surface area contributed by atoms with Gasteiger partial charge in [-0.3, -0.25) is 0 Å². The van der Waals surface area contributed by atoms with Gasteiger partial charge in [-0.05, 0) is 38.1 Å². The van der Waals surface area contributed by atoms with E-state index in [0.29, 0.717) is 30.3 Å². The second-order valence-corrected chi connectivity index (χ2v) is 6.82. The molecule has 1 unspecified atom stereocenters. The fourth-order valence-corrected chi connectivity index (χ4v) is 3.36. The average Bonchev–Trinajstić information content (AvgIpc) is 2.69. The van der Waals surface area contributed by atoms with Crippen molar-refractivity contribution in [2.24, 2.45) is 0 Å². The zero-order valence-corrected chi connectivity index (χ0v) is 16.4. The predicted octanol–water partition coefficient (Wildman–Crippen LogP) is 3.75. The molecule has 3 rings (SSSR count). The molecule has 2 amide bonds. The van der Waals surface area contributed by atoms with E-state index >= 15 is 0 Å². The van der Waals surface area contributed by atoms with E-state index in [9.17, 15) is 4.79 Å². The summed E-state index contributed by atoms with van der Waals surface area (Å²) in [4.78, 5) is 16.9. The van der Waals surface area contributed by atoms with Gasteiger partial charge in [0.2, 0.25) is 0 Å². The van der Waals surface area contributed by atoms with Crippen LogP contribution in [0.1, 0.15) is 12.5 Å². The molecule has 0 spiro atoms. The molecule has 1 heterocycles. The lowest BCUT2D eigenvalue weighted by molar-refractivity contribution is 0.200. The van der Waals surface area contributed by atoms with Crippen LogP contribution in [-0.4, -0.2) is 50.8 Å². The van der Waals surface area contributed by atoms with Crippen molar-refractivity contribution in [1.82, 2.24) is 4.90 Å². The van der Waals surface area contributed by atoms with Crippen molar-refractivity contribution in [2.75, 3.05) is 44.1 Å². The minimum absolute atomic E-state index is 0.117. The topological polar surface area (TPSA) is 54.0 Å². The molecule has 2 aromatic carbocycles. The van der Waals surface area contributed by atoms with Gasteiger partial charge in [0.15, 0.2) is 0 Å². The van der Waals surface area contributed by atoms with Crippen LogP contribution in [-0.2, 0) is 0 Å². The molecule has 0 bridgehead atoms. The Bertz CT molecular complexity index is 792. The number of piperazine rings is 1. The highest BCUT2D eigenvalue weighted by Gasteiger charge is 2.27. The summed E-state index contributed by atoms with van der Waals surface area (Å²) >= 11 is 0. The van der Waals surface area contributed by atoms with Gasteiger partial charge in [-0.25, -0.2) is 4.79 Å². The van der Waals surface area contributed by atoms with Gasteiger partial charge < -0.3 is 24.6 Å². The van der Waals surface area contributed by atoms with Crippen molar-refractivity contribution in [3.05, 3.63) is 48.0 Å². The number of urea groups is 1. The van der Waals surface area contributed by atoms with Crippen LogP contribution < -0.4 is 19.7 Å². The number of benzene rings is 2. The highest BCUT2D eigenvalue weighted by atomic mass is 16.5. The molecule has 0 aliphatic carbocycles. The van der Waals surface area contributed by atoms with Gasteiger partial charge in [0, 0.05) is 37.4 Å². The third-order valence-corrected chi connectivity index (χ3v) is 4.93. The third kappa shape index (κ3) is 4.27. The Labute approximate surface area is 160 Å². The zero-order valence-electron chi connectivity index (χ0n) is 16.4. The monoisotopic (exact) mass is 369 g/mol. The number of carbonyl (C=O) groups excluding carboxylic acids is 1. The maximum absolute atomic E-state index is 12.7. The maximum Gasteiger partial charge on any atom is 0.322 e. The van der Waals surface area contributed by atoms with Gasteiger partial charge in [-0.2, -0.15) is 0 Å². The van der Waals surface area contributed by atoms with Gasteiger partial charge in [0.1, 0.15) is 11.5 Å². The minimum Gasteiger partial charge on any atom is -0.497 e. The van der Waals surface area contributed by atoms with Gasteiger partial charge >= 0.3 is 6.03 Å². The fourth-order valence-electron chi connectivity index (χ4n) is 3.36. The van der Waals surface area contributed by atoms with Gasteiger partial charge in [-0.15, -0.1) is 0 Å². The fraction of sp³-hybridized carbons (Fsp3) is 0.381. The highest BCUT2D eigenvalue weighted by Crippen LogP contribution is 2.29. The van der Waals surface area contributed by atoms with Crippen LogP contribution in [0.2, 0.25) is 0 Å². The summed E-state index contributed by atoms with van der Waals surface area (Å²) in [6, 6.07) is 14.0. The lowest BCUT2D eigenvalue weighted by Crippen LogP contribution is -2.54. The van der Waals surface area contributed by atoms with Gasteiger partial charge in [0.05, 0.1) is 19.9 Å². The summed E-state index contributed by atoms with van der Waals surface area (Å²) in [6.45, 7) is 6.37. The minimum atomic E-state index is -0.117. The summed E-state index contributed by atoms with van der Waals surface area (Å²) in [7, 11) is 3.18. The Balaban J connectivity index is 1.65. The zero-order chi connectivity index (χ0) is 19.4. The number of anilines is 2. The molecule has 1 aliphatic heterocycles.